The molecule has 0 unspecified atom stereocenters. The van der Waals surface area contributed by atoms with E-state index in [4.69, 9.17) is 9.47 Å². The zero-order valence-electron chi connectivity index (χ0n) is 21.3. The maximum atomic E-state index is 13.2. The van der Waals surface area contributed by atoms with Gasteiger partial charge in [-0.05, 0) is 80.8 Å². The van der Waals surface area contributed by atoms with Crippen molar-refractivity contribution in [3.05, 3.63) is 35.9 Å². The van der Waals surface area contributed by atoms with Crippen molar-refractivity contribution in [2.75, 3.05) is 0 Å². The maximum absolute atomic E-state index is 13.2. The van der Waals surface area contributed by atoms with Crippen molar-refractivity contribution in [1.29, 1.82) is 0 Å². The lowest BCUT2D eigenvalue weighted by Crippen LogP contribution is -2.66. The number of hydrogen-bond donors (Lipinski definition) is 1. The lowest BCUT2D eigenvalue weighted by atomic mass is 9.37. The Hall–Kier alpha value is -2.37. The molecule has 1 aromatic carbocycles. The van der Waals surface area contributed by atoms with Crippen molar-refractivity contribution in [2.45, 2.75) is 91.3 Å². The molecule has 6 heteroatoms. The van der Waals surface area contributed by atoms with Gasteiger partial charge >= 0.3 is 17.9 Å². The third kappa shape index (κ3) is 3.46. The predicted octanol–water partition coefficient (Wildman–Crippen LogP) is 5.64. The molecule has 4 saturated carbocycles. The molecule has 1 spiro atoms. The molecule has 4 aliphatic rings. The van der Waals surface area contributed by atoms with Crippen LogP contribution in [0.1, 0.15) is 89.4 Å². The van der Waals surface area contributed by atoms with Crippen LogP contribution in [0.2, 0.25) is 0 Å². The Balaban J connectivity index is 1.58. The van der Waals surface area contributed by atoms with E-state index < -0.39 is 23.5 Å². The largest absolute Gasteiger partial charge is 0.481 e. The van der Waals surface area contributed by atoms with Crippen molar-refractivity contribution >= 4 is 17.9 Å². The number of carboxylic acids is 1. The Bertz CT molecular complexity index is 1040. The zero-order chi connectivity index (χ0) is 25.2. The van der Waals surface area contributed by atoms with Gasteiger partial charge in [0.05, 0.1) is 11.0 Å². The highest BCUT2D eigenvalue weighted by atomic mass is 16.5. The molecule has 1 N–H and O–H groups in total. The number of carbonyl (C=O) groups is 3. The molecule has 35 heavy (non-hydrogen) atoms. The maximum Gasteiger partial charge on any atom is 0.338 e. The first-order chi connectivity index (χ1) is 16.5. The second-order valence-electron chi connectivity index (χ2n) is 12.5. The molecular weight excluding hydrogens is 444 g/mol. The minimum atomic E-state index is -0.958. The third-order valence-electron chi connectivity index (χ3n) is 10.8. The Morgan fingerprint density at radius 1 is 0.943 bits per heavy atom. The summed E-state index contributed by atoms with van der Waals surface area (Å²) in [7, 11) is 0. The van der Waals surface area contributed by atoms with E-state index in [1.165, 1.54) is 6.92 Å². The van der Waals surface area contributed by atoms with Crippen molar-refractivity contribution in [3.63, 3.8) is 0 Å². The molecule has 5 rings (SSSR count). The summed E-state index contributed by atoms with van der Waals surface area (Å²) in [5.74, 6) is -1.49. The van der Waals surface area contributed by atoms with Gasteiger partial charge in [-0.15, -0.1) is 0 Å². The van der Waals surface area contributed by atoms with E-state index in [0.29, 0.717) is 18.4 Å². The number of benzene rings is 1. The fraction of sp³-hybridized carbons (Fsp3) is 0.690. The van der Waals surface area contributed by atoms with Crippen LogP contribution in [0, 0.1) is 33.5 Å². The lowest BCUT2D eigenvalue weighted by molar-refractivity contribution is -0.235. The fourth-order valence-electron chi connectivity index (χ4n) is 9.23. The highest BCUT2D eigenvalue weighted by Crippen LogP contribution is 2.76. The van der Waals surface area contributed by atoms with Crippen LogP contribution in [0.15, 0.2) is 30.3 Å². The molecule has 2 bridgehead atoms. The summed E-state index contributed by atoms with van der Waals surface area (Å²) in [5.41, 5.74) is -0.879. The molecule has 0 aromatic heterocycles. The summed E-state index contributed by atoms with van der Waals surface area (Å²) < 4.78 is 12.1. The van der Waals surface area contributed by atoms with Gasteiger partial charge in [0.1, 0.15) is 12.2 Å². The fourth-order valence-corrected chi connectivity index (χ4v) is 9.23. The number of rotatable bonds is 4. The average molecular weight is 483 g/mol. The summed E-state index contributed by atoms with van der Waals surface area (Å²) in [4.78, 5) is 37.9. The first-order valence-electron chi connectivity index (χ1n) is 13.1. The highest BCUT2D eigenvalue weighted by Gasteiger charge is 2.73. The number of hydrogen-bond acceptors (Lipinski definition) is 5. The summed E-state index contributed by atoms with van der Waals surface area (Å²) in [6, 6.07) is 8.95. The molecule has 1 aromatic rings. The first kappa shape index (κ1) is 24.3. The Kier molecular flexibility index (Phi) is 5.61. The molecule has 0 radical (unpaired) electrons. The van der Waals surface area contributed by atoms with Gasteiger partial charge in [0.25, 0.3) is 0 Å². The molecule has 0 heterocycles. The highest BCUT2D eigenvalue weighted by molar-refractivity contribution is 5.89. The second-order valence-corrected chi connectivity index (χ2v) is 12.5. The van der Waals surface area contributed by atoms with E-state index in [0.717, 1.165) is 38.5 Å². The van der Waals surface area contributed by atoms with Crippen LogP contribution in [0.3, 0.4) is 0 Å². The summed E-state index contributed by atoms with van der Waals surface area (Å²) in [5, 5.41) is 10.5. The van der Waals surface area contributed by atoms with Crippen LogP contribution >= 0.6 is 0 Å². The van der Waals surface area contributed by atoms with Crippen molar-refractivity contribution in [3.8, 4) is 0 Å². The number of fused-ring (bicyclic) bond motifs is 2. The van der Waals surface area contributed by atoms with Crippen LogP contribution in [0.4, 0.5) is 0 Å². The Labute approximate surface area is 207 Å². The number of carboxylic acid groups (broad SMARTS) is 1. The number of esters is 2. The van der Waals surface area contributed by atoms with Gasteiger partial charge in [-0.3, -0.25) is 9.59 Å². The predicted molar refractivity (Wildman–Crippen MR) is 130 cm³/mol. The minimum Gasteiger partial charge on any atom is -0.481 e. The van der Waals surface area contributed by atoms with E-state index in [1.807, 2.05) is 25.1 Å². The van der Waals surface area contributed by atoms with Crippen molar-refractivity contribution < 1.29 is 29.0 Å². The average Bonchev–Trinajstić information content (AvgIpc) is 3.12. The first-order valence-corrected chi connectivity index (χ1v) is 13.1. The minimum absolute atomic E-state index is 0.0319. The molecule has 4 fully saturated rings. The molecular formula is C29H38O6. The third-order valence-corrected chi connectivity index (χ3v) is 10.8. The molecule has 0 saturated heterocycles. The molecule has 0 aliphatic heterocycles. The zero-order valence-corrected chi connectivity index (χ0v) is 21.3. The van der Waals surface area contributed by atoms with Gasteiger partial charge in [-0.25, -0.2) is 4.79 Å². The molecule has 6 nitrogen and oxygen atoms in total. The van der Waals surface area contributed by atoms with Gasteiger partial charge < -0.3 is 14.6 Å². The van der Waals surface area contributed by atoms with Crippen LogP contribution in [0.25, 0.3) is 0 Å². The van der Waals surface area contributed by atoms with Crippen molar-refractivity contribution in [1.82, 2.24) is 0 Å². The van der Waals surface area contributed by atoms with Crippen LogP contribution < -0.4 is 0 Å². The quantitative estimate of drug-likeness (QED) is 0.559. The van der Waals surface area contributed by atoms with Gasteiger partial charge in [0, 0.05) is 18.3 Å². The van der Waals surface area contributed by atoms with E-state index in [9.17, 15) is 19.5 Å². The molecule has 190 valence electrons. The van der Waals surface area contributed by atoms with Crippen LogP contribution in [-0.2, 0) is 19.1 Å². The Morgan fingerprint density at radius 3 is 2.31 bits per heavy atom. The number of ether oxygens (including phenoxy) is 2. The molecule has 0 amide bonds. The van der Waals surface area contributed by atoms with Gasteiger partial charge in [-0.1, -0.05) is 38.5 Å². The van der Waals surface area contributed by atoms with Gasteiger partial charge in [0.2, 0.25) is 0 Å². The second kappa shape index (κ2) is 8.07. The van der Waals surface area contributed by atoms with Gasteiger partial charge in [-0.2, -0.15) is 0 Å². The summed E-state index contributed by atoms with van der Waals surface area (Å²) >= 11 is 0. The van der Waals surface area contributed by atoms with E-state index in [1.54, 1.807) is 12.1 Å². The standard InChI is InChI=1S/C29H38O6/c1-18(30)34-22-16-20-15-21(35-24(31)19-9-6-5-7-10-19)23-27(3,25(32)33)11-8-12-28(23,4)29(20)14-13-26(22,2)17-29/h5-7,9-10,20-23H,8,11-17H2,1-4H3,(H,32,33)/t20-,21+,22+,23-,26-,27+,28-,29-/m0/s1. The number of carbonyl (C=O) groups excluding carboxylic acids is 2. The van der Waals surface area contributed by atoms with Crippen molar-refractivity contribution in [2.24, 2.45) is 33.5 Å². The van der Waals surface area contributed by atoms with Gasteiger partial charge in [0.15, 0.2) is 0 Å². The Morgan fingerprint density at radius 2 is 1.66 bits per heavy atom. The monoisotopic (exact) mass is 482 g/mol. The molecule has 8 atom stereocenters. The number of aliphatic carboxylic acids is 1. The van der Waals surface area contributed by atoms with Crippen LogP contribution in [-0.4, -0.2) is 35.2 Å². The van der Waals surface area contributed by atoms with E-state index >= 15 is 0 Å². The van der Waals surface area contributed by atoms with Crippen LogP contribution in [0.5, 0.6) is 0 Å². The smallest absolute Gasteiger partial charge is 0.338 e. The SMILES string of the molecule is CC(=O)O[C@@H]1C[C@@H]2C[C@@H](OC(=O)c3ccccc3)[C@H]3[C@](C)(C(=O)O)CCC[C@]3(C)[C@]23CC[C@@]1(C)C3. The lowest BCUT2D eigenvalue weighted by Gasteiger charge is -2.67. The van der Waals surface area contributed by atoms with E-state index in [-0.39, 0.29) is 40.2 Å². The summed E-state index contributed by atoms with van der Waals surface area (Å²) in [6.07, 6.45) is 6.03. The summed E-state index contributed by atoms with van der Waals surface area (Å²) in [6.45, 7) is 7.87. The molecule has 4 aliphatic carbocycles. The normalized spacial score (nSPS) is 44.0. The van der Waals surface area contributed by atoms with E-state index in [2.05, 4.69) is 13.8 Å². The topological polar surface area (TPSA) is 89.9 Å².